The van der Waals surface area contributed by atoms with E-state index in [1.165, 1.54) is 12.1 Å². The molecule has 0 fully saturated rings. The van der Waals surface area contributed by atoms with Gasteiger partial charge in [0.25, 0.3) is 0 Å². The van der Waals surface area contributed by atoms with Crippen LogP contribution in [0, 0.1) is 5.82 Å². The van der Waals surface area contributed by atoms with Gasteiger partial charge in [-0.3, -0.25) is 4.84 Å². The minimum absolute atomic E-state index is 0.293. The van der Waals surface area contributed by atoms with Gasteiger partial charge in [0.1, 0.15) is 11.9 Å². The van der Waals surface area contributed by atoms with E-state index >= 15 is 0 Å². The van der Waals surface area contributed by atoms with Crippen molar-refractivity contribution in [1.29, 1.82) is 0 Å². The van der Waals surface area contributed by atoms with Crippen molar-refractivity contribution < 1.29 is 9.23 Å². The number of benzene rings is 1. The molecule has 0 radical (unpaired) electrons. The number of nitrogens with two attached hydrogens (primary N) is 1. The van der Waals surface area contributed by atoms with Crippen LogP contribution in [0.25, 0.3) is 0 Å². The lowest BCUT2D eigenvalue weighted by Gasteiger charge is -2.11. The van der Waals surface area contributed by atoms with Gasteiger partial charge in [-0.1, -0.05) is 17.7 Å². The fourth-order valence-corrected chi connectivity index (χ4v) is 1.28. The molecule has 4 heteroatoms. The summed E-state index contributed by atoms with van der Waals surface area (Å²) in [5.74, 6) is 4.51. The van der Waals surface area contributed by atoms with E-state index < -0.39 is 11.9 Å². The second-order valence-corrected chi connectivity index (χ2v) is 2.82. The van der Waals surface area contributed by atoms with Crippen LogP contribution in [0.3, 0.4) is 0 Å². The molecule has 0 aromatic heterocycles. The Morgan fingerprint density at radius 1 is 1.58 bits per heavy atom. The molecule has 1 aromatic carbocycles. The molecule has 0 saturated heterocycles. The number of rotatable bonds is 2. The highest BCUT2D eigenvalue weighted by molar-refractivity contribution is 6.31. The van der Waals surface area contributed by atoms with Crippen LogP contribution in [0.2, 0.25) is 5.02 Å². The van der Waals surface area contributed by atoms with Crippen molar-refractivity contribution in [2.24, 2.45) is 5.90 Å². The van der Waals surface area contributed by atoms with E-state index in [1.807, 2.05) is 0 Å². The van der Waals surface area contributed by atoms with Gasteiger partial charge < -0.3 is 0 Å². The maximum Gasteiger partial charge on any atom is 0.130 e. The highest BCUT2D eigenvalue weighted by Gasteiger charge is 2.13. The SMILES string of the molecule is CC(ON)c1c(F)cccc1Cl. The lowest BCUT2D eigenvalue weighted by Crippen LogP contribution is -2.07. The second-order valence-electron chi connectivity index (χ2n) is 2.41. The first-order chi connectivity index (χ1) is 5.66. The van der Waals surface area contributed by atoms with Gasteiger partial charge >= 0.3 is 0 Å². The van der Waals surface area contributed by atoms with E-state index in [2.05, 4.69) is 4.84 Å². The van der Waals surface area contributed by atoms with Gasteiger partial charge in [0.05, 0.1) is 0 Å². The second kappa shape index (κ2) is 3.85. The Morgan fingerprint density at radius 2 is 2.25 bits per heavy atom. The Bertz CT molecular complexity index is 260. The molecule has 0 bridgehead atoms. The van der Waals surface area contributed by atoms with Gasteiger partial charge in [-0.25, -0.2) is 10.3 Å². The highest BCUT2D eigenvalue weighted by Crippen LogP contribution is 2.26. The fraction of sp³-hybridized carbons (Fsp3) is 0.250. The monoisotopic (exact) mass is 189 g/mol. The zero-order valence-corrected chi connectivity index (χ0v) is 7.31. The van der Waals surface area contributed by atoms with Crippen LogP contribution in [-0.2, 0) is 4.84 Å². The van der Waals surface area contributed by atoms with Gasteiger partial charge in [-0.05, 0) is 19.1 Å². The molecule has 12 heavy (non-hydrogen) atoms. The van der Waals surface area contributed by atoms with E-state index in [1.54, 1.807) is 13.0 Å². The molecule has 66 valence electrons. The van der Waals surface area contributed by atoms with Crippen molar-refractivity contribution in [3.8, 4) is 0 Å². The number of hydrogen-bond donors (Lipinski definition) is 1. The van der Waals surface area contributed by atoms with Crippen LogP contribution >= 0.6 is 11.6 Å². The first-order valence-corrected chi connectivity index (χ1v) is 3.84. The zero-order chi connectivity index (χ0) is 9.14. The van der Waals surface area contributed by atoms with Crippen molar-refractivity contribution in [1.82, 2.24) is 0 Å². The minimum Gasteiger partial charge on any atom is -0.297 e. The minimum atomic E-state index is -0.529. The predicted molar refractivity (Wildman–Crippen MR) is 45.1 cm³/mol. The Balaban J connectivity index is 3.12. The smallest absolute Gasteiger partial charge is 0.130 e. The number of hydrogen-bond acceptors (Lipinski definition) is 2. The molecular formula is C8H9ClFNO. The van der Waals surface area contributed by atoms with Gasteiger partial charge in [-0.15, -0.1) is 0 Å². The van der Waals surface area contributed by atoms with Gasteiger partial charge in [-0.2, -0.15) is 0 Å². The molecule has 1 aromatic rings. The van der Waals surface area contributed by atoms with E-state index in [0.717, 1.165) is 0 Å². The summed E-state index contributed by atoms with van der Waals surface area (Å²) in [6.07, 6.45) is -0.529. The summed E-state index contributed by atoms with van der Waals surface area (Å²) in [7, 11) is 0. The highest BCUT2D eigenvalue weighted by atomic mass is 35.5. The first kappa shape index (κ1) is 9.45. The Kier molecular flexibility index (Phi) is 3.03. The van der Waals surface area contributed by atoms with Crippen LogP contribution in [0.5, 0.6) is 0 Å². The summed E-state index contributed by atoms with van der Waals surface area (Å²) in [6.45, 7) is 1.63. The normalized spacial score (nSPS) is 13.0. The first-order valence-electron chi connectivity index (χ1n) is 3.46. The molecule has 1 rings (SSSR count). The molecule has 0 aliphatic carbocycles. The number of halogens is 2. The average molecular weight is 190 g/mol. The van der Waals surface area contributed by atoms with Crippen molar-refractivity contribution in [2.75, 3.05) is 0 Å². The van der Waals surface area contributed by atoms with Crippen LogP contribution < -0.4 is 5.90 Å². The Morgan fingerprint density at radius 3 is 2.75 bits per heavy atom. The summed E-state index contributed by atoms with van der Waals surface area (Å²) in [5, 5.41) is 0.327. The molecule has 0 amide bonds. The van der Waals surface area contributed by atoms with Crippen LogP contribution in [-0.4, -0.2) is 0 Å². The van der Waals surface area contributed by atoms with Crippen molar-refractivity contribution in [3.63, 3.8) is 0 Å². The van der Waals surface area contributed by atoms with E-state index in [0.29, 0.717) is 10.6 Å². The molecule has 0 saturated carbocycles. The third kappa shape index (κ3) is 1.75. The van der Waals surface area contributed by atoms with Crippen molar-refractivity contribution >= 4 is 11.6 Å². The van der Waals surface area contributed by atoms with E-state index in [9.17, 15) is 4.39 Å². The summed E-state index contributed by atoms with van der Waals surface area (Å²) in [5.41, 5.74) is 0.293. The van der Waals surface area contributed by atoms with Gasteiger partial charge in [0.2, 0.25) is 0 Å². The van der Waals surface area contributed by atoms with Crippen LogP contribution in [0.1, 0.15) is 18.6 Å². The fourth-order valence-electron chi connectivity index (χ4n) is 0.967. The van der Waals surface area contributed by atoms with Crippen molar-refractivity contribution in [3.05, 3.63) is 34.6 Å². The maximum atomic E-state index is 13.1. The average Bonchev–Trinajstić information content (AvgIpc) is 2.03. The lowest BCUT2D eigenvalue weighted by molar-refractivity contribution is 0.0639. The van der Waals surface area contributed by atoms with Crippen LogP contribution in [0.15, 0.2) is 18.2 Å². The molecule has 1 unspecified atom stereocenters. The standard InChI is InChI=1S/C8H9ClFNO/c1-5(12-11)8-6(9)3-2-4-7(8)10/h2-5H,11H2,1H3. The largest absolute Gasteiger partial charge is 0.297 e. The molecule has 0 spiro atoms. The molecule has 2 N–H and O–H groups in total. The molecule has 0 heterocycles. The van der Waals surface area contributed by atoms with E-state index in [-0.39, 0.29) is 0 Å². The molecule has 1 atom stereocenters. The van der Waals surface area contributed by atoms with Gasteiger partial charge in [0.15, 0.2) is 0 Å². The van der Waals surface area contributed by atoms with Gasteiger partial charge in [0, 0.05) is 10.6 Å². The third-order valence-electron chi connectivity index (χ3n) is 1.61. The van der Waals surface area contributed by atoms with Crippen molar-refractivity contribution in [2.45, 2.75) is 13.0 Å². The third-order valence-corrected chi connectivity index (χ3v) is 1.94. The summed E-state index contributed by atoms with van der Waals surface area (Å²) in [6, 6.07) is 4.44. The molecule has 2 nitrogen and oxygen atoms in total. The summed E-state index contributed by atoms with van der Waals surface area (Å²) < 4.78 is 13.1. The van der Waals surface area contributed by atoms with E-state index in [4.69, 9.17) is 17.5 Å². The molecule has 0 aliphatic rings. The maximum absolute atomic E-state index is 13.1. The Labute approximate surface area is 75.0 Å². The predicted octanol–water partition coefficient (Wildman–Crippen LogP) is 2.43. The molecule has 0 aliphatic heterocycles. The topological polar surface area (TPSA) is 35.2 Å². The Hall–Kier alpha value is -0.640. The summed E-state index contributed by atoms with van der Waals surface area (Å²) >= 11 is 5.73. The quantitative estimate of drug-likeness (QED) is 0.726. The zero-order valence-electron chi connectivity index (χ0n) is 6.55. The summed E-state index contributed by atoms with van der Waals surface area (Å²) in [4.78, 5) is 4.47. The lowest BCUT2D eigenvalue weighted by atomic mass is 10.1. The molecular weight excluding hydrogens is 181 g/mol. The van der Waals surface area contributed by atoms with Crippen LogP contribution in [0.4, 0.5) is 4.39 Å².